The number of nitrogens with zero attached hydrogens (tertiary/aromatic N) is 1. The lowest BCUT2D eigenvalue weighted by Gasteiger charge is -2.34. The van der Waals surface area contributed by atoms with Crippen molar-refractivity contribution in [2.45, 2.75) is 39.7 Å². The Morgan fingerprint density at radius 1 is 1.38 bits per heavy atom. The number of rotatable bonds is 3. The maximum absolute atomic E-state index is 12.6. The van der Waals surface area contributed by atoms with E-state index in [1.165, 1.54) is 18.2 Å². The number of amides is 1. The van der Waals surface area contributed by atoms with Crippen molar-refractivity contribution in [3.8, 4) is 0 Å². The topological polar surface area (TPSA) is 85.4 Å². The highest BCUT2D eigenvalue weighted by Crippen LogP contribution is 2.42. The van der Waals surface area contributed by atoms with E-state index in [-0.39, 0.29) is 28.6 Å². The lowest BCUT2D eigenvalue weighted by Crippen LogP contribution is -2.36. The lowest BCUT2D eigenvalue weighted by atomic mass is 9.74. The summed E-state index contributed by atoms with van der Waals surface area (Å²) in [6.45, 7) is 6.17. The van der Waals surface area contributed by atoms with Crippen LogP contribution in [0, 0.1) is 22.5 Å². The van der Waals surface area contributed by atoms with Gasteiger partial charge in [-0.3, -0.25) is 14.9 Å². The van der Waals surface area contributed by atoms with E-state index in [2.05, 4.69) is 19.2 Å². The summed E-state index contributed by atoms with van der Waals surface area (Å²) in [5.74, 6) is 1.42. The number of nitro groups is 1. The Bertz CT molecular complexity index is 807. The molecule has 1 N–H and O–H groups in total. The molecule has 0 aliphatic heterocycles. The van der Waals surface area contributed by atoms with Gasteiger partial charge in [0.15, 0.2) is 0 Å². The zero-order chi connectivity index (χ0) is 17.5. The molecular weight excluding hydrogens is 308 g/mol. The van der Waals surface area contributed by atoms with Gasteiger partial charge in [-0.1, -0.05) is 19.9 Å². The zero-order valence-electron chi connectivity index (χ0n) is 14.0. The number of nitrogens with one attached hydrogen (secondary N) is 1. The predicted octanol–water partition coefficient (Wildman–Crippen LogP) is 3.94. The van der Waals surface area contributed by atoms with Crippen molar-refractivity contribution in [2.24, 2.45) is 5.41 Å². The Labute approximate surface area is 140 Å². The first-order valence-electron chi connectivity index (χ1n) is 7.90. The quantitative estimate of drug-likeness (QED) is 0.683. The molecule has 1 aromatic heterocycles. The molecule has 6 heteroatoms. The molecule has 1 aromatic carbocycles. The summed E-state index contributed by atoms with van der Waals surface area (Å²) in [4.78, 5) is 22.9. The Morgan fingerprint density at radius 2 is 2.12 bits per heavy atom. The molecule has 0 bridgehead atoms. The molecule has 1 amide bonds. The number of carbonyl (C=O) groups is 1. The van der Waals surface area contributed by atoms with Crippen LogP contribution in [0.15, 0.2) is 34.7 Å². The Morgan fingerprint density at radius 3 is 2.83 bits per heavy atom. The van der Waals surface area contributed by atoms with E-state index in [9.17, 15) is 14.9 Å². The van der Waals surface area contributed by atoms with Crippen molar-refractivity contribution < 1.29 is 14.1 Å². The summed E-state index contributed by atoms with van der Waals surface area (Å²) in [6, 6.07) is 7.57. The molecule has 24 heavy (non-hydrogen) atoms. The average Bonchev–Trinajstić information content (AvgIpc) is 2.86. The molecule has 2 aromatic rings. The molecule has 0 radical (unpaired) electrons. The second-order valence-electron chi connectivity index (χ2n) is 7.11. The molecule has 126 valence electrons. The lowest BCUT2D eigenvalue weighted by molar-refractivity contribution is -0.384. The van der Waals surface area contributed by atoms with Crippen LogP contribution >= 0.6 is 0 Å². The van der Waals surface area contributed by atoms with Crippen LogP contribution in [0.25, 0.3) is 0 Å². The first-order chi connectivity index (χ1) is 11.2. The van der Waals surface area contributed by atoms with E-state index in [0.717, 1.165) is 29.9 Å². The third-order valence-electron chi connectivity index (χ3n) is 4.36. The third kappa shape index (κ3) is 3.18. The van der Waals surface area contributed by atoms with Gasteiger partial charge in [-0.15, -0.1) is 0 Å². The summed E-state index contributed by atoms with van der Waals surface area (Å²) in [6.07, 6.45) is 1.62. The van der Waals surface area contributed by atoms with Crippen LogP contribution in [0.3, 0.4) is 0 Å². The monoisotopic (exact) mass is 328 g/mol. The number of carbonyl (C=O) groups excluding carboxylic acids is 1. The highest BCUT2D eigenvalue weighted by Gasteiger charge is 2.35. The van der Waals surface area contributed by atoms with Gasteiger partial charge in [0, 0.05) is 29.7 Å². The molecule has 1 atom stereocenters. The molecule has 1 heterocycles. The number of furan rings is 1. The van der Waals surface area contributed by atoms with Crippen molar-refractivity contribution in [1.29, 1.82) is 0 Å². The Hall–Kier alpha value is -2.63. The summed E-state index contributed by atoms with van der Waals surface area (Å²) in [7, 11) is 0. The molecule has 0 spiro atoms. The van der Waals surface area contributed by atoms with Gasteiger partial charge in [0.2, 0.25) is 0 Å². The van der Waals surface area contributed by atoms with Gasteiger partial charge < -0.3 is 9.73 Å². The maximum atomic E-state index is 12.6. The summed E-state index contributed by atoms with van der Waals surface area (Å²) < 4.78 is 5.77. The first-order valence-corrected chi connectivity index (χ1v) is 7.90. The van der Waals surface area contributed by atoms with E-state index in [4.69, 9.17) is 4.42 Å². The fraction of sp³-hybridized carbons (Fsp3) is 0.389. The number of benzene rings is 1. The second-order valence-corrected chi connectivity index (χ2v) is 7.11. The van der Waals surface area contributed by atoms with Crippen LogP contribution < -0.4 is 5.32 Å². The van der Waals surface area contributed by atoms with E-state index in [0.29, 0.717) is 0 Å². The number of hydrogen-bond acceptors (Lipinski definition) is 4. The predicted molar refractivity (Wildman–Crippen MR) is 88.9 cm³/mol. The van der Waals surface area contributed by atoms with Crippen LogP contribution in [0.4, 0.5) is 5.69 Å². The number of non-ortho nitro benzene ring substituents is 1. The smallest absolute Gasteiger partial charge is 0.270 e. The van der Waals surface area contributed by atoms with Gasteiger partial charge in [-0.25, -0.2) is 0 Å². The highest BCUT2D eigenvalue weighted by atomic mass is 16.6. The molecule has 1 aliphatic carbocycles. The van der Waals surface area contributed by atoms with Gasteiger partial charge in [0.25, 0.3) is 11.6 Å². The van der Waals surface area contributed by atoms with Crippen LogP contribution in [0.1, 0.15) is 53.8 Å². The van der Waals surface area contributed by atoms with Crippen molar-refractivity contribution in [3.63, 3.8) is 0 Å². The Kier molecular flexibility index (Phi) is 3.91. The van der Waals surface area contributed by atoms with Gasteiger partial charge in [0.1, 0.15) is 11.5 Å². The van der Waals surface area contributed by atoms with Crippen LogP contribution in [-0.4, -0.2) is 10.8 Å². The molecule has 3 rings (SSSR count). The van der Waals surface area contributed by atoms with Gasteiger partial charge in [-0.05, 0) is 30.9 Å². The van der Waals surface area contributed by atoms with Crippen molar-refractivity contribution in [3.05, 3.63) is 63.1 Å². The van der Waals surface area contributed by atoms with Crippen molar-refractivity contribution in [2.75, 3.05) is 0 Å². The zero-order valence-corrected chi connectivity index (χ0v) is 14.0. The molecule has 1 aliphatic rings. The van der Waals surface area contributed by atoms with Gasteiger partial charge in [0.05, 0.1) is 11.0 Å². The third-order valence-corrected chi connectivity index (χ3v) is 4.36. The SMILES string of the molecule is Cc1cc2c(o1)CC(C)(C)CC2NC(=O)c1cccc([N+](=O)[O-])c1. The minimum atomic E-state index is -0.502. The van der Waals surface area contributed by atoms with Crippen molar-refractivity contribution in [1.82, 2.24) is 5.32 Å². The van der Waals surface area contributed by atoms with E-state index < -0.39 is 4.92 Å². The molecule has 0 saturated heterocycles. The summed E-state index contributed by atoms with van der Waals surface area (Å²) in [5, 5.41) is 13.9. The fourth-order valence-electron chi connectivity index (χ4n) is 3.32. The van der Waals surface area contributed by atoms with Gasteiger partial charge in [-0.2, -0.15) is 0 Å². The molecule has 0 fully saturated rings. The van der Waals surface area contributed by atoms with E-state index >= 15 is 0 Å². The highest BCUT2D eigenvalue weighted by molar-refractivity contribution is 5.95. The van der Waals surface area contributed by atoms with Gasteiger partial charge >= 0.3 is 0 Å². The number of nitro benzene ring substituents is 1. The molecule has 1 unspecified atom stereocenters. The van der Waals surface area contributed by atoms with Crippen LogP contribution in [0.2, 0.25) is 0 Å². The Balaban J connectivity index is 1.86. The molecular formula is C18H20N2O4. The minimum absolute atomic E-state index is 0.0118. The van der Waals surface area contributed by atoms with E-state index in [1.54, 1.807) is 6.07 Å². The summed E-state index contributed by atoms with van der Waals surface area (Å²) in [5.41, 5.74) is 1.21. The second kappa shape index (κ2) is 5.78. The molecule has 6 nitrogen and oxygen atoms in total. The van der Waals surface area contributed by atoms with E-state index in [1.807, 2.05) is 13.0 Å². The number of hydrogen-bond donors (Lipinski definition) is 1. The maximum Gasteiger partial charge on any atom is 0.270 e. The summed E-state index contributed by atoms with van der Waals surface area (Å²) >= 11 is 0. The standard InChI is InChI=1S/C18H20N2O4/c1-11-7-14-15(9-18(2,3)10-16(14)24-11)19-17(21)12-5-4-6-13(8-12)20(22)23/h4-8,15H,9-10H2,1-3H3,(H,19,21). The van der Waals surface area contributed by atoms with Crippen LogP contribution in [0.5, 0.6) is 0 Å². The molecule has 0 saturated carbocycles. The first kappa shape index (κ1) is 16.2. The minimum Gasteiger partial charge on any atom is -0.466 e. The number of fused-ring (bicyclic) bond motifs is 1. The van der Waals surface area contributed by atoms with Crippen LogP contribution in [-0.2, 0) is 6.42 Å². The number of aryl methyl sites for hydroxylation is 1. The fourth-order valence-corrected chi connectivity index (χ4v) is 3.32. The normalized spacial score (nSPS) is 18.7. The van der Waals surface area contributed by atoms with Crippen molar-refractivity contribution >= 4 is 11.6 Å². The average molecular weight is 328 g/mol. The largest absolute Gasteiger partial charge is 0.466 e.